The van der Waals surface area contributed by atoms with Crippen molar-refractivity contribution in [2.24, 2.45) is 11.3 Å². The molecule has 1 N–H and O–H groups in total. The van der Waals surface area contributed by atoms with Crippen molar-refractivity contribution in [3.63, 3.8) is 0 Å². The Hall–Kier alpha value is -0.220. The maximum Gasteiger partial charge on any atom is 0.251 e. The molecule has 0 aromatic rings. The molecule has 0 bridgehead atoms. The Morgan fingerprint density at radius 2 is 1.88 bits per heavy atom. The number of aliphatic hydroxyl groups is 1. The van der Waals surface area contributed by atoms with E-state index in [0.29, 0.717) is 12.3 Å². The molecule has 3 atom stereocenters. The molecule has 0 amide bonds. The first kappa shape index (κ1) is 14.8. The molecule has 0 radical (unpaired) electrons. The second-order valence-corrected chi connectivity index (χ2v) is 6.34. The number of hydrogen-bond acceptors (Lipinski definition) is 2. The van der Waals surface area contributed by atoms with Gasteiger partial charge in [-0.15, -0.1) is 0 Å². The van der Waals surface area contributed by atoms with Gasteiger partial charge in [-0.1, -0.05) is 20.8 Å². The van der Waals surface area contributed by atoms with E-state index in [1.54, 1.807) is 11.9 Å². The Kier molecular flexibility index (Phi) is 4.90. The summed E-state index contributed by atoms with van der Waals surface area (Å²) in [6.45, 7) is 6.25. The van der Waals surface area contributed by atoms with Gasteiger partial charge in [0.1, 0.15) is 0 Å². The smallest absolute Gasteiger partial charge is 0.251 e. The number of hydrogen-bond donors (Lipinski definition) is 1. The van der Waals surface area contributed by atoms with Crippen molar-refractivity contribution in [3.05, 3.63) is 0 Å². The average Bonchev–Trinajstić information content (AvgIpc) is 2.14. The first-order valence-corrected chi connectivity index (χ1v) is 6.38. The van der Waals surface area contributed by atoms with E-state index in [1.807, 2.05) is 0 Å². The van der Waals surface area contributed by atoms with Crippen LogP contribution < -0.4 is 0 Å². The van der Waals surface area contributed by atoms with Gasteiger partial charge in [0.05, 0.1) is 12.6 Å². The molecule has 102 valence electrons. The lowest BCUT2D eigenvalue weighted by Gasteiger charge is -2.45. The number of rotatable bonds is 3. The fourth-order valence-corrected chi connectivity index (χ4v) is 2.98. The maximum absolute atomic E-state index is 12.5. The highest BCUT2D eigenvalue weighted by Gasteiger charge is 2.39. The Morgan fingerprint density at radius 1 is 1.29 bits per heavy atom. The Bertz CT molecular complexity index is 240. The lowest BCUT2D eigenvalue weighted by Crippen LogP contribution is -2.49. The molecule has 0 saturated heterocycles. The van der Waals surface area contributed by atoms with E-state index in [9.17, 15) is 13.9 Å². The van der Waals surface area contributed by atoms with Crippen LogP contribution in [0.2, 0.25) is 0 Å². The highest BCUT2D eigenvalue weighted by atomic mass is 19.3. The van der Waals surface area contributed by atoms with Crippen molar-refractivity contribution >= 4 is 0 Å². The number of halogens is 2. The predicted molar refractivity (Wildman–Crippen MR) is 65.2 cm³/mol. The van der Waals surface area contributed by atoms with E-state index < -0.39 is 6.43 Å². The largest absolute Gasteiger partial charge is 0.393 e. The third-order valence-electron chi connectivity index (χ3n) is 3.89. The van der Waals surface area contributed by atoms with Crippen molar-refractivity contribution in [3.8, 4) is 0 Å². The molecule has 1 aliphatic rings. The van der Waals surface area contributed by atoms with Crippen LogP contribution in [0.1, 0.15) is 40.0 Å². The van der Waals surface area contributed by atoms with Gasteiger partial charge in [-0.05, 0) is 37.6 Å². The van der Waals surface area contributed by atoms with Gasteiger partial charge in [0.2, 0.25) is 0 Å². The molecule has 17 heavy (non-hydrogen) atoms. The van der Waals surface area contributed by atoms with Crippen LogP contribution in [0.5, 0.6) is 0 Å². The third-order valence-corrected chi connectivity index (χ3v) is 3.89. The summed E-state index contributed by atoms with van der Waals surface area (Å²) >= 11 is 0. The second kappa shape index (κ2) is 5.61. The van der Waals surface area contributed by atoms with Crippen LogP contribution in [-0.4, -0.2) is 42.2 Å². The quantitative estimate of drug-likeness (QED) is 0.831. The predicted octanol–water partition coefficient (Wildman–Crippen LogP) is 2.76. The van der Waals surface area contributed by atoms with Crippen molar-refractivity contribution in [2.45, 2.75) is 58.6 Å². The van der Waals surface area contributed by atoms with Crippen molar-refractivity contribution in [1.82, 2.24) is 4.90 Å². The van der Waals surface area contributed by atoms with Crippen LogP contribution in [0.4, 0.5) is 8.78 Å². The molecule has 1 aliphatic carbocycles. The van der Waals surface area contributed by atoms with Gasteiger partial charge in [0.25, 0.3) is 6.43 Å². The summed E-state index contributed by atoms with van der Waals surface area (Å²) in [7, 11) is 1.74. The molecule has 1 rings (SSSR count). The minimum Gasteiger partial charge on any atom is -0.393 e. The Labute approximate surface area is 103 Å². The highest BCUT2D eigenvalue weighted by molar-refractivity contribution is 4.91. The minimum absolute atomic E-state index is 0.0627. The molecule has 0 heterocycles. The van der Waals surface area contributed by atoms with Gasteiger partial charge in [-0.3, -0.25) is 4.90 Å². The van der Waals surface area contributed by atoms with Gasteiger partial charge < -0.3 is 5.11 Å². The standard InChI is InChI=1S/C13H25F2NO/c1-13(2,3)10-6-5-9(17)7-11(10)16(4)8-12(14)15/h9-12,17H,5-8H2,1-4H3. The van der Waals surface area contributed by atoms with E-state index in [-0.39, 0.29) is 24.1 Å². The summed E-state index contributed by atoms with van der Waals surface area (Å²) in [6, 6.07) is 0.0627. The lowest BCUT2D eigenvalue weighted by molar-refractivity contribution is -0.0211. The molecular formula is C13H25F2NO. The molecule has 0 aliphatic heterocycles. The van der Waals surface area contributed by atoms with Crippen LogP contribution in [-0.2, 0) is 0 Å². The third kappa shape index (κ3) is 4.18. The van der Waals surface area contributed by atoms with Crippen LogP contribution >= 0.6 is 0 Å². The average molecular weight is 249 g/mol. The van der Waals surface area contributed by atoms with Crippen LogP contribution in [0.25, 0.3) is 0 Å². The number of nitrogens with zero attached hydrogens (tertiary/aromatic N) is 1. The van der Waals surface area contributed by atoms with Crippen molar-refractivity contribution in [2.75, 3.05) is 13.6 Å². The Morgan fingerprint density at radius 3 is 2.35 bits per heavy atom. The molecule has 1 saturated carbocycles. The van der Waals surface area contributed by atoms with E-state index in [1.165, 1.54) is 0 Å². The highest BCUT2D eigenvalue weighted by Crippen LogP contribution is 2.40. The SMILES string of the molecule is CN(CC(F)F)C1CC(O)CCC1C(C)(C)C. The molecule has 2 nitrogen and oxygen atoms in total. The van der Waals surface area contributed by atoms with E-state index in [0.717, 1.165) is 12.8 Å². The first-order chi connectivity index (χ1) is 7.71. The van der Waals surface area contributed by atoms with E-state index in [2.05, 4.69) is 20.8 Å². The lowest BCUT2D eigenvalue weighted by atomic mass is 9.68. The minimum atomic E-state index is -2.31. The summed E-state index contributed by atoms with van der Waals surface area (Å²) in [4.78, 5) is 1.73. The second-order valence-electron chi connectivity index (χ2n) is 6.34. The summed E-state index contributed by atoms with van der Waals surface area (Å²) in [5.74, 6) is 0.370. The van der Waals surface area contributed by atoms with Crippen LogP contribution in [0, 0.1) is 11.3 Å². The zero-order valence-corrected chi connectivity index (χ0v) is 11.3. The molecule has 0 aromatic heterocycles. The van der Waals surface area contributed by atoms with Gasteiger partial charge in [0.15, 0.2) is 0 Å². The summed E-state index contributed by atoms with van der Waals surface area (Å²) in [6.07, 6.45) is -0.312. The first-order valence-electron chi connectivity index (χ1n) is 6.38. The van der Waals surface area contributed by atoms with Crippen LogP contribution in [0.3, 0.4) is 0 Å². The van der Waals surface area contributed by atoms with Gasteiger partial charge in [-0.2, -0.15) is 0 Å². The van der Waals surface area contributed by atoms with Crippen molar-refractivity contribution in [1.29, 1.82) is 0 Å². The zero-order chi connectivity index (χ0) is 13.2. The molecule has 1 fully saturated rings. The van der Waals surface area contributed by atoms with Crippen LogP contribution in [0.15, 0.2) is 0 Å². The monoisotopic (exact) mass is 249 g/mol. The summed E-state index contributed by atoms with van der Waals surface area (Å²) < 4.78 is 24.9. The summed E-state index contributed by atoms with van der Waals surface area (Å²) in [5.41, 5.74) is 0.0984. The zero-order valence-electron chi connectivity index (χ0n) is 11.3. The fraction of sp³-hybridized carbons (Fsp3) is 1.00. The normalized spacial score (nSPS) is 31.2. The molecular weight excluding hydrogens is 224 g/mol. The number of aliphatic hydroxyl groups excluding tert-OH is 1. The van der Waals surface area contributed by atoms with Gasteiger partial charge >= 0.3 is 0 Å². The molecule has 0 aromatic carbocycles. The maximum atomic E-state index is 12.5. The fourth-order valence-electron chi connectivity index (χ4n) is 2.98. The van der Waals surface area contributed by atoms with E-state index >= 15 is 0 Å². The number of alkyl halides is 2. The van der Waals surface area contributed by atoms with Gasteiger partial charge in [0, 0.05) is 6.04 Å². The Balaban J connectivity index is 2.74. The molecule has 4 heteroatoms. The topological polar surface area (TPSA) is 23.5 Å². The van der Waals surface area contributed by atoms with E-state index in [4.69, 9.17) is 0 Å². The van der Waals surface area contributed by atoms with Gasteiger partial charge in [-0.25, -0.2) is 8.78 Å². The molecule has 3 unspecified atom stereocenters. The molecule has 0 spiro atoms. The van der Waals surface area contributed by atoms with Crippen molar-refractivity contribution < 1.29 is 13.9 Å². The summed E-state index contributed by atoms with van der Waals surface area (Å²) in [5, 5.41) is 9.73.